The molecule has 3 rings (SSSR count). The maximum absolute atomic E-state index is 12.9. The molecule has 7 nitrogen and oxygen atoms in total. The van der Waals surface area contributed by atoms with Crippen LogP contribution in [-0.4, -0.2) is 46.8 Å². The van der Waals surface area contributed by atoms with E-state index in [0.717, 1.165) is 31.2 Å². The minimum Gasteiger partial charge on any atom is -0.497 e. The zero-order valence-corrected chi connectivity index (χ0v) is 19.7. The number of aromatic nitrogens is 2. The Hall–Kier alpha value is -2.67. The van der Waals surface area contributed by atoms with Gasteiger partial charge in [0, 0.05) is 36.6 Å². The molecule has 8 heteroatoms. The highest BCUT2D eigenvalue weighted by atomic mass is 35.5. The minimum absolute atomic E-state index is 0.0295. The number of benzene rings is 1. The summed E-state index contributed by atoms with van der Waals surface area (Å²) in [5, 5.41) is 0.429. The number of likely N-dealkylation sites (tertiary alicyclic amines) is 1. The third-order valence-electron chi connectivity index (χ3n) is 6.15. The number of hydrogen-bond donors (Lipinski definition) is 1. The van der Waals surface area contributed by atoms with E-state index in [1.54, 1.807) is 38.3 Å². The Balaban J connectivity index is 1.46. The quantitative estimate of drug-likeness (QED) is 0.472. The summed E-state index contributed by atoms with van der Waals surface area (Å²) in [6, 6.07) is 6.99. The number of nitrogen functional groups attached to an aromatic ring is 1. The van der Waals surface area contributed by atoms with Gasteiger partial charge in [0.05, 0.1) is 7.11 Å². The Morgan fingerprint density at radius 2 is 1.88 bits per heavy atom. The Kier molecular flexibility index (Phi) is 8.07. The van der Waals surface area contributed by atoms with Crippen LogP contribution < -0.4 is 10.5 Å². The molecule has 1 amide bonds. The molecule has 1 saturated heterocycles. The summed E-state index contributed by atoms with van der Waals surface area (Å²) in [7, 11) is 1.59. The van der Waals surface area contributed by atoms with E-state index in [2.05, 4.69) is 9.97 Å². The number of anilines is 1. The highest BCUT2D eigenvalue weighted by Crippen LogP contribution is 2.27. The number of nitrogens with zero attached hydrogens (tertiary/aromatic N) is 3. The molecular weight excluding hydrogens is 428 g/mol. The van der Waals surface area contributed by atoms with Crippen LogP contribution in [0.4, 0.5) is 5.82 Å². The Bertz CT molecular complexity index is 933. The largest absolute Gasteiger partial charge is 0.497 e. The highest BCUT2D eigenvalue weighted by molar-refractivity contribution is 6.30. The number of Topliss-reactive ketones (excluding diaryl/α,β-unsaturated/α-hetero) is 1. The number of carbonyl (C=O) groups is 2. The number of methoxy groups -OCH3 is 1. The van der Waals surface area contributed by atoms with Crippen molar-refractivity contribution in [3.8, 4) is 5.75 Å². The molecule has 0 spiro atoms. The number of hydrogen-bond acceptors (Lipinski definition) is 6. The predicted molar refractivity (Wildman–Crippen MR) is 125 cm³/mol. The Morgan fingerprint density at radius 3 is 2.47 bits per heavy atom. The lowest BCUT2D eigenvalue weighted by atomic mass is 9.90. The van der Waals surface area contributed by atoms with E-state index in [1.165, 1.54) is 0 Å². The van der Waals surface area contributed by atoms with Gasteiger partial charge in [-0.25, -0.2) is 9.97 Å². The second kappa shape index (κ2) is 10.8. The molecule has 1 aromatic heterocycles. The molecule has 1 aliphatic rings. The van der Waals surface area contributed by atoms with Gasteiger partial charge in [0.2, 0.25) is 5.91 Å². The molecule has 0 bridgehead atoms. The van der Waals surface area contributed by atoms with Crippen LogP contribution in [0.1, 0.15) is 54.4 Å². The van der Waals surface area contributed by atoms with Crippen molar-refractivity contribution >= 4 is 29.1 Å². The average molecular weight is 459 g/mol. The van der Waals surface area contributed by atoms with Gasteiger partial charge in [0.1, 0.15) is 22.5 Å². The molecular formula is C24H31ClN4O3. The maximum atomic E-state index is 12.9. The molecule has 32 heavy (non-hydrogen) atoms. The van der Waals surface area contributed by atoms with E-state index >= 15 is 0 Å². The molecule has 2 N–H and O–H groups in total. The first-order valence-electron chi connectivity index (χ1n) is 11.0. The third-order valence-corrected chi connectivity index (χ3v) is 6.47. The van der Waals surface area contributed by atoms with Gasteiger partial charge in [0.15, 0.2) is 5.78 Å². The predicted octanol–water partition coefficient (Wildman–Crippen LogP) is 4.11. The number of ketones is 1. The van der Waals surface area contributed by atoms with E-state index in [1.807, 2.05) is 11.8 Å². The fourth-order valence-electron chi connectivity index (χ4n) is 4.18. The van der Waals surface area contributed by atoms with Crippen LogP contribution in [0.3, 0.4) is 0 Å². The smallest absolute Gasteiger partial charge is 0.225 e. The van der Waals surface area contributed by atoms with E-state index < -0.39 is 0 Å². The summed E-state index contributed by atoms with van der Waals surface area (Å²) >= 11 is 6.24. The standard InChI is InChI=1S/C24H31ClN4O3/c1-15(14-21(30)18-5-7-19(32-3)8-6-18)24(31)29-12-10-17(11-13-29)4-9-20-22(25)27-16(2)28-23(20)26/h5-8,15,17H,4,9-14H2,1-3H3,(H2,26,27,28)/t15-/m1/s1. The lowest BCUT2D eigenvalue weighted by Crippen LogP contribution is -2.41. The zero-order chi connectivity index (χ0) is 23.3. The Labute approximate surface area is 194 Å². The minimum atomic E-state index is -0.343. The van der Waals surface area contributed by atoms with Crippen molar-refractivity contribution in [2.24, 2.45) is 11.8 Å². The first-order valence-corrected chi connectivity index (χ1v) is 11.4. The fraction of sp³-hybridized carbons (Fsp3) is 0.500. The first-order chi connectivity index (χ1) is 15.3. The summed E-state index contributed by atoms with van der Waals surface area (Å²) in [6.07, 6.45) is 3.72. The van der Waals surface area contributed by atoms with Crippen molar-refractivity contribution in [1.29, 1.82) is 0 Å². The Morgan fingerprint density at radius 1 is 1.22 bits per heavy atom. The van der Waals surface area contributed by atoms with E-state index in [9.17, 15) is 9.59 Å². The van der Waals surface area contributed by atoms with Gasteiger partial charge in [-0.1, -0.05) is 18.5 Å². The van der Waals surface area contributed by atoms with E-state index in [0.29, 0.717) is 47.1 Å². The number of aryl methyl sites for hydroxylation is 1. The van der Waals surface area contributed by atoms with Gasteiger partial charge in [0.25, 0.3) is 0 Å². The molecule has 1 atom stereocenters. The van der Waals surface area contributed by atoms with Crippen LogP contribution in [0.15, 0.2) is 24.3 Å². The monoisotopic (exact) mass is 458 g/mol. The van der Waals surface area contributed by atoms with Crippen molar-refractivity contribution in [2.75, 3.05) is 25.9 Å². The fourth-order valence-corrected chi connectivity index (χ4v) is 4.49. The molecule has 1 aliphatic heterocycles. The van der Waals surface area contributed by atoms with Gasteiger partial charge >= 0.3 is 0 Å². The molecule has 2 heterocycles. The van der Waals surface area contributed by atoms with Crippen molar-refractivity contribution in [2.45, 2.75) is 46.0 Å². The van der Waals surface area contributed by atoms with Crippen molar-refractivity contribution < 1.29 is 14.3 Å². The summed E-state index contributed by atoms with van der Waals surface area (Å²) in [5.74, 6) is 1.89. The van der Waals surface area contributed by atoms with Gasteiger partial charge in [-0.15, -0.1) is 0 Å². The maximum Gasteiger partial charge on any atom is 0.225 e. The normalized spacial score (nSPS) is 15.4. The van der Waals surface area contributed by atoms with Crippen molar-refractivity contribution in [1.82, 2.24) is 14.9 Å². The summed E-state index contributed by atoms with van der Waals surface area (Å²) < 4.78 is 5.12. The summed E-state index contributed by atoms with van der Waals surface area (Å²) in [4.78, 5) is 35.7. The SMILES string of the molecule is COc1ccc(C(=O)C[C@@H](C)C(=O)N2CCC(CCc3c(N)nc(C)nc3Cl)CC2)cc1. The van der Waals surface area contributed by atoms with Crippen LogP contribution in [-0.2, 0) is 11.2 Å². The van der Waals surface area contributed by atoms with Crippen LogP contribution in [0.25, 0.3) is 0 Å². The van der Waals surface area contributed by atoms with Crippen LogP contribution in [0, 0.1) is 18.8 Å². The van der Waals surface area contributed by atoms with Crippen LogP contribution >= 0.6 is 11.6 Å². The average Bonchev–Trinajstić information content (AvgIpc) is 2.78. The number of ether oxygens (including phenoxy) is 1. The van der Waals surface area contributed by atoms with Crippen molar-refractivity contribution in [3.63, 3.8) is 0 Å². The van der Waals surface area contributed by atoms with E-state index in [4.69, 9.17) is 22.1 Å². The molecule has 0 unspecified atom stereocenters. The number of carbonyl (C=O) groups excluding carboxylic acids is 2. The molecule has 2 aromatic rings. The van der Waals surface area contributed by atoms with Gasteiger partial charge in [-0.05, 0) is 62.8 Å². The highest BCUT2D eigenvalue weighted by Gasteiger charge is 2.27. The molecule has 1 fully saturated rings. The number of nitrogens with two attached hydrogens (primary N) is 1. The molecule has 0 aliphatic carbocycles. The molecule has 1 aromatic carbocycles. The number of amides is 1. The first kappa shape index (κ1) is 24.0. The topological polar surface area (TPSA) is 98.4 Å². The molecule has 0 radical (unpaired) electrons. The van der Waals surface area contributed by atoms with Gasteiger partial charge in [-0.2, -0.15) is 0 Å². The second-order valence-corrected chi connectivity index (χ2v) is 8.85. The summed E-state index contributed by atoms with van der Waals surface area (Å²) in [6.45, 7) is 5.01. The molecule has 0 saturated carbocycles. The van der Waals surface area contributed by atoms with Crippen molar-refractivity contribution in [3.05, 3.63) is 46.4 Å². The van der Waals surface area contributed by atoms with Crippen LogP contribution in [0.5, 0.6) is 5.75 Å². The van der Waals surface area contributed by atoms with Crippen LogP contribution in [0.2, 0.25) is 5.15 Å². The lowest BCUT2D eigenvalue weighted by molar-refractivity contribution is -0.136. The van der Waals surface area contributed by atoms with Gasteiger partial charge in [-0.3, -0.25) is 9.59 Å². The van der Waals surface area contributed by atoms with E-state index in [-0.39, 0.29) is 24.0 Å². The number of rotatable bonds is 8. The summed E-state index contributed by atoms with van der Waals surface area (Å²) in [5.41, 5.74) is 7.41. The lowest BCUT2D eigenvalue weighted by Gasteiger charge is -2.33. The zero-order valence-electron chi connectivity index (χ0n) is 18.9. The number of halogens is 1. The van der Waals surface area contributed by atoms with Gasteiger partial charge < -0.3 is 15.4 Å². The second-order valence-electron chi connectivity index (χ2n) is 8.49. The number of piperidine rings is 1. The molecule has 172 valence electrons. The third kappa shape index (κ3) is 5.97.